The van der Waals surface area contributed by atoms with E-state index >= 15 is 0 Å². The van der Waals surface area contributed by atoms with Crippen LogP contribution in [0, 0.1) is 0 Å². The van der Waals surface area contributed by atoms with E-state index in [1.807, 2.05) is 4.90 Å². The number of hydrogen-bond acceptors (Lipinski definition) is 2. The van der Waals surface area contributed by atoms with Crippen LogP contribution in [-0.2, 0) is 11.2 Å². The first kappa shape index (κ1) is 10.6. The van der Waals surface area contributed by atoms with Gasteiger partial charge in [-0.25, -0.2) is 4.79 Å². The van der Waals surface area contributed by atoms with Gasteiger partial charge in [-0.2, -0.15) is 0 Å². The Morgan fingerprint density at radius 3 is 2.59 bits per heavy atom. The van der Waals surface area contributed by atoms with E-state index in [0.717, 1.165) is 31.4 Å². The number of ether oxygens (including phenoxy) is 1. The van der Waals surface area contributed by atoms with Gasteiger partial charge >= 0.3 is 6.09 Å². The molecule has 3 nitrogen and oxygen atoms in total. The van der Waals surface area contributed by atoms with Gasteiger partial charge in [0, 0.05) is 6.04 Å². The van der Waals surface area contributed by atoms with Crippen LogP contribution < -0.4 is 0 Å². The van der Waals surface area contributed by atoms with Gasteiger partial charge in [0.05, 0.1) is 6.54 Å². The van der Waals surface area contributed by atoms with Crippen molar-refractivity contribution in [3.8, 4) is 0 Å². The molecular weight excluding hydrogens is 214 g/mol. The minimum atomic E-state index is -0.142. The molecule has 0 spiro atoms. The van der Waals surface area contributed by atoms with Gasteiger partial charge in [-0.3, -0.25) is 0 Å². The number of aryl methyl sites for hydroxylation is 1. The molecule has 3 rings (SSSR count). The van der Waals surface area contributed by atoms with E-state index < -0.39 is 0 Å². The highest BCUT2D eigenvalue weighted by Crippen LogP contribution is 2.35. The average Bonchev–Trinajstić information content (AvgIpc) is 3.13. The van der Waals surface area contributed by atoms with Gasteiger partial charge in [-0.05, 0) is 30.4 Å². The summed E-state index contributed by atoms with van der Waals surface area (Å²) in [5.41, 5.74) is 2.43. The van der Waals surface area contributed by atoms with Gasteiger partial charge in [0.25, 0.3) is 0 Å². The van der Waals surface area contributed by atoms with Gasteiger partial charge in [0.15, 0.2) is 0 Å². The summed E-state index contributed by atoms with van der Waals surface area (Å²) in [5, 5.41) is 0. The Labute approximate surface area is 101 Å². The highest BCUT2D eigenvalue weighted by Gasteiger charge is 2.41. The number of carbonyl (C=O) groups excluding carboxylic acids is 1. The number of cyclic esters (lactones) is 1. The molecule has 1 saturated carbocycles. The molecule has 17 heavy (non-hydrogen) atoms. The summed E-state index contributed by atoms with van der Waals surface area (Å²) in [6.07, 6.45) is 3.10. The summed E-state index contributed by atoms with van der Waals surface area (Å²) in [4.78, 5) is 13.5. The maximum absolute atomic E-state index is 11.7. The normalized spacial score (nSPS) is 23.9. The lowest BCUT2D eigenvalue weighted by atomic mass is 10.1. The molecule has 3 heteroatoms. The van der Waals surface area contributed by atoms with Crippen LogP contribution in [0.3, 0.4) is 0 Å². The zero-order valence-corrected chi connectivity index (χ0v) is 10.1. The number of benzene rings is 1. The number of carbonyl (C=O) groups is 1. The van der Waals surface area contributed by atoms with Crippen molar-refractivity contribution < 1.29 is 9.53 Å². The maximum Gasteiger partial charge on any atom is 0.410 e. The number of nitrogens with zero attached hydrogens (tertiary/aromatic N) is 1. The Morgan fingerprint density at radius 1 is 1.29 bits per heavy atom. The molecule has 1 aliphatic heterocycles. The second kappa shape index (κ2) is 4.06. The summed E-state index contributed by atoms with van der Waals surface area (Å²) in [7, 11) is 0. The van der Waals surface area contributed by atoms with Crippen molar-refractivity contribution in [2.24, 2.45) is 0 Å². The van der Waals surface area contributed by atoms with E-state index in [0.29, 0.717) is 6.04 Å². The van der Waals surface area contributed by atoms with Gasteiger partial charge < -0.3 is 9.64 Å². The molecule has 1 saturated heterocycles. The van der Waals surface area contributed by atoms with E-state index in [1.54, 1.807) is 0 Å². The molecule has 1 aromatic carbocycles. The second-order valence-electron chi connectivity index (χ2n) is 4.85. The predicted octanol–water partition coefficient (Wildman–Crippen LogP) is 2.90. The maximum atomic E-state index is 11.7. The van der Waals surface area contributed by atoms with Crippen LogP contribution >= 0.6 is 0 Å². The van der Waals surface area contributed by atoms with Crippen LogP contribution in [0.4, 0.5) is 4.79 Å². The standard InChI is InChI=1S/C14H17NO2/c1-2-10-3-5-11(6-4-10)13-9-15(12-7-8-12)14(16)17-13/h3-6,12-13H,2,7-9H2,1H3. The fourth-order valence-corrected chi connectivity index (χ4v) is 2.31. The van der Waals surface area contributed by atoms with Crippen LogP contribution in [0.25, 0.3) is 0 Å². The first-order valence-corrected chi connectivity index (χ1v) is 6.34. The van der Waals surface area contributed by atoms with Crippen LogP contribution in [0.2, 0.25) is 0 Å². The highest BCUT2D eigenvalue weighted by atomic mass is 16.6. The zero-order valence-electron chi connectivity index (χ0n) is 10.1. The second-order valence-corrected chi connectivity index (χ2v) is 4.85. The SMILES string of the molecule is CCc1ccc(C2CN(C3CC3)C(=O)O2)cc1. The minimum Gasteiger partial charge on any atom is -0.439 e. The van der Waals surface area contributed by atoms with E-state index in [9.17, 15) is 4.79 Å². The topological polar surface area (TPSA) is 29.5 Å². The third kappa shape index (κ3) is 2.02. The molecule has 0 radical (unpaired) electrons. The molecule has 0 aromatic heterocycles. The van der Waals surface area contributed by atoms with Crippen molar-refractivity contribution in [3.63, 3.8) is 0 Å². The van der Waals surface area contributed by atoms with Gasteiger partial charge in [-0.1, -0.05) is 31.2 Å². The van der Waals surface area contributed by atoms with Crippen molar-refractivity contribution in [3.05, 3.63) is 35.4 Å². The smallest absolute Gasteiger partial charge is 0.410 e. The zero-order chi connectivity index (χ0) is 11.8. The van der Waals surface area contributed by atoms with Crippen LogP contribution in [0.5, 0.6) is 0 Å². The van der Waals surface area contributed by atoms with Crippen LogP contribution in [0.15, 0.2) is 24.3 Å². The van der Waals surface area contributed by atoms with E-state index in [-0.39, 0.29) is 12.2 Å². The molecule has 1 aliphatic carbocycles. The highest BCUT2D eigenvalue weighted by molar-refractivity contribution is 5.71. The molecule has 0 bridgehead atoms. The molecule has 1 heterocycles. The fraction of sp³-hybridized carbons (Fsp3) is 0.500. The molecular formula is C14H17NO2. The lowest BCUT2D eigenvalue weighted by molar-refractivity contribution is 0.132. The van der Waals surface area contributed by atoms with Crippen LogP contribution in [0.1, 0.15) is 37.0 Å². The van der Waals surface area contributed by atoms with Crippen LogP contribution in [-0.4, -0.2) is 23.6 Å². The molecule has 1 atom stereocenters. The Morgan fingerprint density at radius 2 is 2.00 bits per heavy atom. The summed E-state index contributed by atoms with van der Waals surface area (Å²) >= 11 is 0. The summed E-state index contributed by atoms with van der Waals surface area (Å²) < 4.78 is 5.42. The molecule has 2 fully saturated rings. The molecule has 2 aliphatic rings. The van der Waals surface area contributed by atoms with Crippen molar-refractivity contribution in [2.45, 2.75) is 38.3 Å². The fourth-order valence-electron chi connectivity index (χ4n) is 2.31. The summed E-state index contributed by atoms with van der Waals surface area (Å²) in [5.74, 6) is 0. The summed E-state index contributed by atoms with van der Waals surface area (Å²) in [6, 6.07) is 8.83. The first-order chi connectivity index (χ1) is 8.28. The van der Waals surface area contributed by atoms with E-state index in [4.69, 9.17) is 4.74 Å². The Balaban J connectivity index is 1.74. The monoisotopic (exact) mass is 231 g/mol. The summed E-state index contributed by atoms with van der Waals surface area (Å²) in [6.45, 7) is 2.86. The van der Waals surface area contributed by atoms with Crippen molar-refractivity contribution in [1.82, 2.24) is 4.90 Å². The van der Waals surface area contributed by atoms with Crippen molar-refractivity contribution in [1.29, 1.82) is 0 Å². The molecule has 1 unspecified atom stereocenters. The minimum absolute atomic E-state index is 0.0750. The third-order valence-electron chi connectivity index (χ3n) is 3.59. The lowest BCUT2D eigenvalue weighted by Crippen LogP contribution is -2.26. The largest absolute Gasteiger partial charge is 0.439 e. The lowest BCUT2D eigenvalue weighted by Gasteiger charge is -2.11. The van der Waals surface area contributed by atoms with Gasteiger partial charge in [-0.15, -0.1) is 0 Å². The Kier molecular flexibility index (Phi) is 2.54. The quantitative estimate of drug-likeness (QED) is 0.800. The van der Waals surface area contributed by atoms with Crippen molar-refractivity contribution >= 4 is 6.09 Å². The Bertz CT molecular complexity index is 422. The number of rotatable bonds is 3. The molecule has 1 aromatic rings. The third-order valence-corrected chi connectivity index (χ3v) is 3.59. The van der Waals surface area contributed by atoms with Gasteiger partial charge in [0.1, 0.15) is 6.10 Å². The van der Waals surface area contributed by atoms with Crippen molar-refractivity contribution in [2.75, 3.05) is 6.54 Å². The number of hydrogen-bond donors (Lipinski definition) is 0. The molecule has 0 N–H and O–H groups in total. The Hall–Kier alpha value is -1.51. The van der Waals surface area contributed by atoms with Gasteiger partial charge in [0.2, 0.25) is 0 Å². The number of amides is 1. The van der Waals surface area contributed by atoms with E-state index in [2.05, 4.69) is 31.2 Å². The average molecular weight is 231 g/mol. The van der Waals surface area contributed by atoms with E-state index in [1.165, 1.54) is 5.56 Å². The molecule has 1 amide bonds. The predicted molar refractivity (Wildman–Crippen MR) is 64.8 cm³/mol. The molecule has 90 valence electrons. The first-order valence-electron chi connectivity index (χ1n) is 6.34.